The van der Waals surface area contributed by atoms with E-state index in [0.717, 1.165) is 31.6 Å². The highest BCUT2D eigenvalue weighted by atomic mass is 16.4. The van der Waals surface area contributed by atoms with Crippen LogP contribution in [0.1, 0.15) is 25.3 Å². The molecule has 1 aromatic rings. The van der Waals surface area contributed by atoms with Crippen LogP contribution in [0.4, 0.5) is 0 Å². The fourth-order valence-corrected chi connectivity index (χ4v) is 2.98. The molecule has 3 N–H and O–H groups in total. The summed E-state index contributed by atoms with van der Waals surface area (Å²) < 4.78 is 0. The van der Waals surface area contributed by atoms with Crippen LogP contribution in [-0.2, 0) is 10.3 Å². The van der Waals surface area contributed by atoms with E-state index in [1.807, 2.05) is 11.8 Å². The minimum Gasteiger partial charge on any atom is -0.508 e. The second-order valence-electron chi connectivity index (χ2n) is 5.16. The Morgan fingerprint density at radius 2 is 2.00 bits per heavy atom. The number of carboxylic acids is 1. The fraction of sp³-hybridized carbons (Fsp3) is 0.533. The number of aromatic hydroxyl groups is 1. The van der Waals surface area contributed by atoms with Crippen molar-refractivity contribution in [2.45, 2.75) is 25.3 Å². The molecule has 1 unspecified atom stereocenters. The zero-order chi connectivity index (χ0) is 14.6. The molecule has 0 radical (unpaired) electrons. The second kappa shape index (κ2) is 6.24. The average molecular weight is 278 g/mol. The standard InChI is InChI=1S/C15H22N2O3/c1-2-15(14(19)20,12-4-6-13(18)7-5-12)17-10-3-8-16-9-11-17/h4-7,16,18H,2-3,8-11H2,1H3,(H,19,20). The van der Waals surface area contributed by atoms with Gasteiger partial charge in [-0.15, -0.1) is 0 Å². The van der Waals surface area contributed by atoms with E-state index in [2.05, 4.69) is 5.32 Å². The van der Waals surface area contributed by atoms with Gasteiger partial charge in [-0.05, 0) is 37.1 Å². The number of nitrogens with one attached hydrogen (secondary N) is 1. The molecule has 0 aliphatic carbocycles. The minimum absolute atomic E-state index is 0.154. The lowest BCUT2D eigenvalue weighted by molar-refractivity contribution is -0.153. The second-order valence-corrected chi connectivity index (χ2v) is 5.16. The maximum Gasteiger partial charge on any atom is 0.328 e. The van der Waals surface area contributed by atoms with Crippen LogP contribution in [-0.4, -0.2) is 47.3 Å². The Morgan fingerprint density at radius 1 is 1.30 bits per heavy atom. The number of carboxylic acid groups (broad SMARTS) is 1. The van der Waals surface area contributed by atoms with Crippen LogP contribution < -0.4 is 5.32 Å². The van der Waals surface area contributed by atoms with Gasteiger partial charge in [0.25, 0.3) is 0 Å². The molecular weight excluding hydrogens is 256 g/mol. The summed E-state index contributed by atoms with van der Waals surface area (Å²) in [5.74, 6) is -0.672. The molecule has 0 aromatic heterocycles. The van der Waals surface area contributed by atoms with E-state index in [0.29, 0.717) is 13.0 Å². The largest absolute Gasteiger partial charge is 0.508 e. The van der Waals surface area contributed by atoms with Gasteiger partial charge in [0.05, 0.1) is 0 Å². The quantitative estimate of drug-likeness (QED) is 0.776. The molecule has 1 heterocycles. The van der Waals surface area contributed by atoms with Crippen molar-refractivity contribution >= 4 is 5.97 Å². The molecule has 0 bridgehead atoms. The summed E-state index contributed by atoms with van der Waals surface area (Å²) in [7, 11) is 0. The van der Waals surface area contributed by atoms with E-state index >= 15 is 0 Å². The van der Waals surface area contributed by atoms with E-state index in [1.54, 1.807) is 24.3 Å². The third-order valence-corrected chi connectivity index (χ3v) is 4.09. The normalized spacial score (nSPS) is 20.1. The first kappa shape index (κ1) is 14.8. The number of phenolic OH excluding ortho intramolecular Hbond substituents is 1. The van der Waals surface area contributed by atoms with Crippen molar-refractivity contribution in [1.82, 2.24) is 10.2 Å². The summed E-state index contributed by atoms with van der Waals surface area (Å²) in [6.07, 6.45) is 1.43. The number of phenols is 1. The summed E-state index contributed by atoms with van der Waals surface area (Å²) >= 11 is 0. The van der Waals surface area contributed by atoms with Gasteiger partial charge in [-0.25, -0.2) is 4.79 Å². The molecule has 20 heavy (non-hydrogen) atoms. The Hall–Kier alpha value is -1.59. The van der Waals surface area contributed by atoms with E-state index in [-0.39, 0.29) is 5.75 Å². The predicted octanol–water partition coefficient (Wildman–Crippen LogP) is 1.38. The lowest BCUT2D eigenvalue weighted by Crippen LogP contribution is -2.52. The molecule has 1 atom stereocenters. The lowest BCUT2D eigenvalue weighted by atomic mass is 9.85. The maximum absolute atomic E-state index is 12.0. The molecule has 1 aromatic carbocycles. The Kier molecular flexibility index (Phi) is 4.62. The van der Waals surface area contributed by atoms with Crippen molar-refractivity contribution in [3.8, 4) is 5.75 Å². The molecule has 110 valence electrons. The molecule has 0 saturated carbocycles. The van der Waals surface area contributed by atoms with Gasteiger partial charge in [0.1, 0.15) is 11.3 Å². The van der Waals surface area contributed by atoms with Crippen molar-refractivity contribution in [2.75, 3.05) is 26.2 Å². The fourth-order valence-electron chi connectivity index (χ4n) is 2.98. The molecular formula is C15H22N2O3. The van der Waals surface area contributed by atoms with Crippen molar-refractivity contribution in [1.29, 1.82) is 0 Å². The molecule has 2 rings (SSSR count). The highest BCUT2D eigenvalue weighted by Gasteiger charge is 2.44. The van der Waals surface area contributed by atoms with Crippen molar-refractivity contribution < 1.29 is 15.0 Å². The number of rotatable bonds is 4. The number of carbonyl (C=O) groups is 1. The summed E-state index contributed by atoms with van der Waals surface area (Å²) in [4.78, 5) is 14.1. The van der Waals surface area contributed by atoms with Gasteiger partial charge in [-0.2, -0.15) is 0 Å². The Morgan fingerprint density at radius 3 is 2.60 bits per heavy atom. The topological polar surface area (TPSA) is 72.8 Å². The van der Waals surface area contributed by atoms with E-state index in [1.165, 1.54) is 0 Å². The first-order valence-electron chi connectivity index (χ1n) is 7.10. The van der Waals surface area contributed by atoms with Crippen LogP contribution in [0.5, 0.6) is 5.75 Å². The van der Waals surface area contributed by atoms with E-state index in [9.17, 15) is 15.0 Å². The number of aliphatic carboxylic acids is 1. The number of nitrogens with zero attached hydrogens (tertiary/aromatic N) is 1. The Balaban J connectivity index is 2.43. The van der Waals surface area contributed by atoms with Crippen molar-refractivity contribution in [2.24, 2.45) is 0 Å². The monoisotopic (exact) mass is 278 g/mol. The number of hydrogen-bond donors (Lipinski definition) is 3. The smallest absolute Gasteiger partial charge is 0.328 e. The molecule has 1 saturated heterocycles. The third-order valence-electron chi connectivity index (χ3n) is 4.09. The third kappa shape index (κ3) is 2.64. The molecule has 0 amide bonds. The van der Waals surface area contributed by atoms with Crippen LogP contribution in [0.2, 0.25) is 0 Å². The molecule has 1 fully saturated rings. The maximum atomic E-state index is 12.0. The SMILES string of the molecule is CCC(C(=O)O)(c1ccc(O)cc1)N1CCCNCC1. The minimum atomic E-state index is -1.01. The summed E-state index contributed by atoms with van der Waals surface area (Å²) in [6.45, 7) is 5.09. The van der Waals surface area contributed by atoms with Gasteiger partial charge < -0.3 is 15.5 Å². The zero-order valence-corrected chi connectivity index (χ0v) is 11.8. The van der Waals surface area contributed by atoms with E-state index in [4.69, 9.17) is 0 Å². The average Bonchev–Trinajstić information content (AvgIpc) is 2.71. The van der Waals surface area contributed by atoms with Crippen LogP contribution in [0.3, 0.4) is 0 Å². The molecule has 5 heteroatoms. The van der Waals surface area contributed by atoms with Gasteiger partial charge >= 0.3 is 5.97 Å². The highest BCUT2D eigenvalue weighted by molar-refractivity contribution is 5.81. The zero-order valence-electron chi connectivity index (χ0n) is 11.8. The van der Waals surface area contributed by atoms with Crippen LogP contribution in [0.15, 0.2) is 24.3 Å². The summed E-state index contributed by atoms with van der Waals surface area (Å²) in [5.41, 5.74) is -0.285. The van der Waals surface area contributed by atoms with Crippen LogP contribution in [0, 0.1) is 0 Å². The first-order chi connectivity index (χ1) is 9.61. The number of benzene rings is 1. The van der Waals surface area contributed by atoms with Crippen LogP contribution in [0.25, 0.3) is 0 Å². The highest BCUT2D eigenvalue weighted by Crippen LogP contribution is 2.34. The van der Waals surface area contributed by atoms with Gasteiger partial charge in [-0.3, -0.25) is 4.90 Å². The van der Waals surface area contributed by atoms with Gasteiger partial charge in [-0.1, -0.05) is 19.1 Å². The van der Waals surface area contributed by atoms with Crippen molar-refractivity contribution in [3.05, 3.63) is 29.8 Å². The van der Waals surface area contributed by atoms with Gasteiger partial charge in [0.15, 0.2) is 0 Å². The van der Waals surface area contributed by atoms with E-state index < -0.39 is 11.5 Å². The molecule has 1 aliphatic rings. The summed E-state index contributed by atoms with van der Waals surface area (Å²) in [6, 6.07) is 6.54. The lowest BCUT2D eigenvalue weighted by Gasteiger charge is -2.40. The van der Waals surface area contributed by atoms with Gasteiger partial charge in [0, 0.05) is 19.6 Å². The van der Waals surface area contributed by atoms with Crippen LogP contribution >= 0.6 is 0 Å². The predicted molar refractivity (Wildman–Crippen MR) is 76.8 cm³/mol. The molecule has 1 aliphatic heterocycles. The Labute approximate surface area is 119 Å². The first-order valence-corrected chi connectivity index (χ1v) is 7.10. The molecule has 5 nitrogen and oxygen atoms in total. The molecule has 0 spiro atoms. The summed E-state index contributed by atoms with van der Waals surface area (Å²) in [5, 5.41) is 22.6. The Bertz CT molecular complexity index is 453. The van der Waals surface area contributed by atoms with Gasteiger partial charge in [0.2, 0.25) is 0 Å². The number of hydrogen-bond acceptors (Lipinski definition) is 4. The van der Waals surface area contributed by atoms with Crippen molar-refractivity contribution in [3.63, 3.8) is 0 Å².